The van der Waals surface area contributed by atoms with Crippen LogP contribution in [0.4, 0.5) is 0 Å². The van der Waals surface area contributed by atoms with E-state index in [2.05, 4.69) is 5.10 Å². The van der Waals surface area contributed by atoms with Crippen molar-refractivity contribution < 1.29 is 13.5 Å². The molecule has 1 heterocycles. The van der Waals surface area contributed by atoms with Crippen molar-refractivity contribution in [1.29, 1.82) is 0 Å². The minimum atomic E-state index is -3.45. The molecule has 0 unspecified atom stereocenters. The fourth-order valence-corrected chi connectivity index (χ4v) is 4.05. The third-order valence-electron chi connectivity index (χ3n) is 3.54. The highest BCUT2D eigenvalue weighted by Gasteiger charge is 2.37. The average Bonchev–Trinajstić information content (AvgIpc) is 3.13. The van der Waals surface area contributed by atoms with E-state index < -0.39 is 10.0 Å². The smallest absolute Gasteiger partial charge is 0.246 e. The second kappa shape index (κ2) is 5.22. The van der Waals surface area contributed by atoms with Gasteiger partial charge < -0.3 is 5.11 Å². The average molecular weight is 287 g/mol. The molecule has 0 saturated heterocycles. The van der Waals surface area contributed by atoms with Gasteiger partial charge in [0, 0.05) is 26.2 Å². The van der Waals surface area contributed by atoms with Gasteiger partial charge in [-0.25, -0.2) is 8.42 Å². The minimum Gasteiger partial charge on any atom is -0.396 e. The number of aliphatic hydroxyl groups excluding tert-OH is 1. The van der Waals surface area contributed by atoms with Crippen LogP contribution in [0.3, 0.4) is 0 Å². The molecule has 1 aromatic heterocycles. The van der Waals surface area contributed by atoms with Crippen LogP contribution in [0.5, 0.6) is 0 Å². The van der Waals surface area contributed by atoms with Crippen molar-refractivity contribution in [2.24, 2.45) is 0 Å². The summed E-state index contributed by atoms with van der Waals surface area (Å²) in [6.45, 7) is 4.09. The SMILES string of the molecule is Cc1nn(CCCO)c(C)c1S(=O)(=O)N(C)C1CC1. The van der Waals surface area contributed by atoms with E-state index >= 15 is 0 Å². The molecule has 0 bridgehead atoms. The highest BCUT2D eigenvalue weighted by atomic mass is 32.2. The van der Waals surface area contributed by atoms with Gasteiger partial charge in [-0.3, -0.25) is 4.68 Å². The van der Waals surface area contributed by atoms with Crippen LogP contribution >= 0.6 is 0 Å². The maximum atomic E-state index is 12.6. The van der Waals surface area contributed by atoms with E-state index in [4.69, 9.17) is 5.11 Å². The summed E-state index contributed by atoms with van der Waals surface area (Å²) in [4.78, 5) is 0.319. The summed E-state index contributed by atoms with van der Waals surface area (Å²) in [7, 11) is -1.82. The Labute approximate surface area is 114 Å². The van der Waals surface area contributed by atoms with Gasteiger partial charge in [-0.05, 0) is 33.1 Å². The second-order valence-electron chi connectivity index (χ2n) is 5.05. The Kier molecular flexibility index (Phi) is 3.98. The van der Waals surface area contributed by atoms with Gasteiger partial charge in [0.25, 0.3) is 0 Å². The first-order valence-electron chi connectivity index (χ1n) is 6.52. The van der Waals surface area contributed by atoms with Crippen molar-refractivity contribution in [1.82, 2.24) is 14.1 Å². The molecule has 0 radical (unpaired) electrons. The molecule has 1 aromatic rings. The van der Waals surface area contributed by atoms with Crippen LogP contribution in [0.15, 0.2) is 4.90 Å². The number of rotatable bonds is 6. The standard InChI is InChI=1S/C12H21N3O3S/c1-9-12(10(2)15(13-9)7-4-8-16)19(17,18)14(3)11-5-6-11/h11,16H,4-8H2,1-3H3. The zero-order chi connectivity index (χ0) is 14.2. The van der Waals surface area contributed by atoms with Crippen LogP contribution in [0.2, 0.25) is 0 Å². The van der Waals surface area contributed by atoms with E-state index in [0.29, 0.717) is 29.2 Å². The number of hydrogen-bond donors (Lipinski definition) is 1. The summed E-state index contributed by atoms with van der Waals surface area (Å²) < 4.78 is 28.3. The van der Waals surface area contributed by atoms with Crippen molar-refractivity contribution in [3.63, 3.8) is 0 Å². The van der Waals surface area contributed by atoms with Gasteiger partial charge in [-0.2, -0.15) is 9.40 Å². The molecular weight excluding hydrogens is 266 g/mol. The third kappa shape index (κ3) is 2.68. The van der Waals surface area contributed by atoms with Crippen molar-refractivity contribution >= 4 is 10.0 Å². The van der Waals surface area contributed by atoms with E-state index in [9.17, 15) is 8.42 Å². The Morgan fingerprint density at radius 3 is 2.58 bits per heavy atom. The molecule has 0 atom stereocenters. The Bertz CT molecular complexity index is 561. The van der Waals surface area contributed by atoms with Crippen molar-refractivity contribution in [3.8, 4) is 0 Å². The number of sulfonamides is 1. The van der Waals surface area contributed by atoms with Crippen LogP contribution in [-0.4, -0.2) is 47.3 Å². The molecule has 1 fully saturated rings. The lowest BCUT2D eigenvalue weighted by atomic mass is 10.4. The quantitative estimate of drug-likeness (QED) is 0.834. The van der Waals surface area contributed by atoms with Crippen molar-refractivity contribution in [2.45, 2.75) is 50.6 Å². The first-order valence-corrected chi connectivity index (χ1v) is 7.96. The van der Waals surface area contributed by atoms with Gasteiger partial charge in [0.05, 0.1) is 11.4 Å². The summed E-state index contributed by atoms with van der Waals surface area (Å²) in [5, 5.41) is 13.1. The fourth-order valence-electron chi connectivity index (χ4n) is 2.27. The monoisotopic (exact) mass is 287 g/mol. The van der Waals surface area contributed by atoms with Gasteiger partial charge >= 0.3 is 0 Å². The van der Waals surface area contributed by atoms with E-state index in [-0.39, 0.29) is 12.6 Å². The Balaban J connectivity index is 2.36. The molecule has 0 aliphatic heterocycles. The Morgan fingerprint density at radius 1 is 1.42 bits per heavy atom. The largest absolute Gasteiger partial charge is 0.396 e. The molecule has 0 aromatic carbocycles. The molecule has 7 heteroatoms. The Morgan fingerprint density at radius 2 is 2.05 bits per heavy atom. The molecule has 2 rings (SSSR count). The predicted molar refractivity (Wildman–Crippen MR) is 71.4 cm³/mol. The van der Waals surface area contributed by atoms with E-state index in [1.54, 1.807) is 25.6 Å². The molecule has 1 aliphatic carbocycles. The van der Waals surface area contributed by atoms with Crippen molar-refractivity contribution in [3.05, 3.63) is 11.4 Å². The number of nitrogens with zero attached hydrogens (tertiary/aromatic N) is 3. The topological polar surface area (TPSA) is 75.4 Å². The van der Waals surface area contributed by atoms with Gasteiger partial charge in [-0.1, -0.05) is 0 Å². The Hall–Kier alpha value is -0.920. The fraction of sp³-hybridized carbons (Fsp3) is 0.750. The van der Waals surface area contributed by atoms with Gasteiger partial charge in [0.15, 0.2) is 0 Å². The number of aliphatic hydroxyl groups is 1. The third-order valence-corrected chi connectivity index (χ3v) is 5.70. The summed E-state index contributed by atoms with van der Waals surface area (Å²) in [6.07, 6.45) is 2.44. The van der Waals surface area contributed by atoms with Gasteiger partial charge in [-0.15, -0.1) is 0 Å². The summed E-state index contributed by atoms with van der Waals surface area (Å²) in [5.74, 6) is 0. The molecule has 19 heavy (non-hydrogen) atoms. The maximum Gasteiger partial charge on any atom is 0.246 e. The maximum absolute atomic E-state index is 12.6. The minimum absolute atomic E-state index is 0.0718. The lowest BCUT2D eigenvalue weighted by molar-refractivity contribution is 0.276. The van der Waals surface area contributed by atoms with E-state index in [0.717, 1.165) is 12.8 Å². The van der Waals surface area contributed by atoms with Crippen LogP contribution in [-0.2, 0) is 16.6 Å². The predicted octanol–water partition coefficient (Wildman–Crippen LogP) is 0.665. The molecule has 0 amide bonds. The number of aromatic nitrogens is 2. The van der Waals surface area contributed by atoms with Crippen molar-refractivity contribution in [2.75, 3.05) is 13.7 Å². The summed E-state index contributed by atoms with van der Waals surface area (Å²) >= 11 is 0. The highest BCUT2D eigenvalue weighted by Crippen LogP contribution is 2.32. The first kappa shape index (κ1) is 14.5. The van der Waals surface area contributed by atoms with Crippen LogP contribution in [0, 0.1) is 13.8 Å². The second-order valence-corrected chi connectivity index (χ2v) is 6.99. The van der Waals surface area contributed by atoms with Crippen LogP contribution in [0.25, 0.3) is 0 Å². The number of hydrogen-bond acceptors (Lipinski definition) is 4. The molecule has 0 spiro atoms. The first-order chi connectivity index (χ1) is 8.89. The molecule has 108 valence electrons. The molecular formula is C12H21N3O3S. The van der Waals surface area contributed by atoms with Gasteiger partial charge in [0.1, 0.15) is 4.90 Å². The number of aryl methyl sites for hydroxylation is 2. The summed E-state index contributed by atoms with van der Waals surface area (Å²) in [5.41, 5.74) is 1.18. The lowest BCUT2D eigenvalue weighted by Gasteiger charge is -2.16. The zero-order valence-electron chi connectivity index (χ0n) is 11.6. The van der Waals surface area contributed by atoms with E-state index in [1.807, 2.05) is 0 Å². The highest BCUT2D eigenvalue weighted by molar-refractivity contribution is 7.89. The normalized spacial score (nSPS) is 16.3. The lowest BCUT2D eigenvalue weighted by Crippen LogP contribution is -2.29. The zero-order valence-corrected chi connectivity index (χ0v) is 12.4. The molecule has 1 N–H and O–H groups in total. The molecule has 1 aliphatic rings. The molecule has 1 saturated carbocycles. The van der Waals surface area contributed by atoms with Gasteiger partial charge in [0.2, 0.25) is 10.0 Å². The summed E-state index contributed by atoms with van der Waals surface area (Å²) in [6, 6.07) is 0.143. The molecule has 6 nitrogen and oxygen atoms in total. The van der Waals surface area contributed by atoms with Crippen LogP contribution in [0.1, 0.15) is 30.7 Å². The van der Waals surface area contributed by atoms with E-state index in [1.165, 1.54) is 4.31 Å². The van der Waals surface area contributed by atoms with Crippen LogP contribution < -0.4 is 0 Å².